The van der Waals surface area contributed by atoms with E-state index in [9.17, 15) is 19.7 Å². The number of carbonyl (C=O) groups is 2. The molecule has 0 aromatic heterocycles. The SMILES string of the molecule is C=C(Br)C[C@@H](NC(=O)Cc1cccc([N+](=O)[O-])c1)C(=O)OC. The smallest absolute Gasteiger partial charge is 0.328 e. The van der Waals surface area contributed by atoms with E-state index in [0.717, 1.165) is 0 Å². The second kappa shape index (κ2) is 8.28. The number of ether oxygens (including phenoxy) is 1. The van der Waals surface area contributed by atoms with Gasteiger partial charge in [-0.3, -0.25) is 14.9 Å². The highest BCUT2D eigenvalue weighted by Crippen LogP contribution is 2.14. The second-order valence-corrected chi connectivity index (χ2v) is 5.59. The third kappa shape index (κ3) is 5.65. The highest BCUT2D eigenvalue weighted by Gasteiger charge is 2.22. The summed E-state index contributed by atoms with van der Waals surface area (Å²) < 4.78 is 5.15. The molecule has 1 atom stereocenters. The zero-order valence-electron chi connectivity index (χ0n) is 11.9. The van der Waals surface area contributed by atoms with Crippen molar-refractivity contribution < 1.29 is 19.2 Å². The fourth-order valence-corrected chi connectivity index (χ4v) is 2.09. The van der Waals surface area contributed by atoms with Gasteiger partial charge < -0.3 is 10.1 Å². The van der Waals surface area contributed by atoms with E-state index in [1.165, 1.54) is 25.3 Å². The van der Waals surface area contributed by atoms with Crippen LogP contribution in [0.5, 0.6) is 0 Å². The van der Waals surface area contributed by atoms with Crippen molar-refractivity contribution in [2.75, 3.05) is 7.11 Å². The molecule has 118 valence electrons. The number of carbonyl (C=O) groups excluding carboxylic acids is 2. The molecule has 7 nitrogen and oxygen atoms in total. The van der Waals surface area contributed by atoms with Gasteiger partial charge in [0.15, 0.2) is 0 Å². The number of nitro benzene ring substituents is 1. The number of hydrogen-bond donors (Lipinski definition) is 1. The third-order valence-corrected chi connectivity index (χ3v) is 3.06. The molecule has 1 N–H and O–H groups in total. The van der Waals surface area contributed by atoms with Crippen LogP contribution in [0.3, 0.4) is 0 Å². The lowest BCUT2D eigenvalue weighted by atomic mass is 10.1. The molecule has 0 unspecified atom stereocenters. The van der Waals surface area contributed by atoms with Crippen LogP contribution < -0.4 is 5.32 Å². The highest BCUT2D eigenvalue weighted by molar-refractivity contribution is 9.11. The van der Waals surface area contributed by atoms with Crippen molar-refractivity contribution in [3.63, 3.8) is 0 Å². The Morgan fingerprint density at radius 3 is 2.73 bits per heavy atom. The van der Waals surface area contributed by atoms with E-state index in [1.807, 2.05) is 0 Å². The van der Waals surface area contributed by atoms with Crippen LogP contribution in [0.4, 0.5) is 5.69 Å². The predicted octanol–water partition coefficient (Wildman–Crippen LogP) is 2.09. The lowest BCUT2D eigenvalue weighted by Gasteiger charge is -2.16. The number of rotatable bonds is 7. The van der Waals surface area contributed by atoms with E-state index >= 15 is 0 Å². The number of halogens is 1. The molecule has 0 aliphatic heterocycles. The van der Waals surface area contributed by atoms with Gasteiger partial charge >= 0.3 is 5.97 Å². The Bertz CT molecular complexity index is 603. The molecular weight excluding hydrogens is 356 g/mol. The fourth-order valence-electron chi connectivity index (χ4n) is 1.77. The number of amides is 1. The normalized spacial score (nSPS) is 11.4. The van der Waals surface area contributed by atoms with Crippen LogP contribution in [-0.2, 0) is 20.7 Å². The van der Waals surface area contributed by atoms with Gasteiger partial charge in [0.25, 0.3) is 5.69 Å². The van der Waals surface area contributed by atoms with Crippen molar-refractivity contribution >= 4 is 33.5 Å². The zero-order chi connectivity index (χ0) is 16.7. The minimum absolute atomic E-state index is 0.0794. The van der Waals surface area contributed by atoms with Gasteiger partial charge in [0.1, 0.15) is 6.04 Å². The molecule has 0 saturated heterocycles. The quantitative estimate of drug-likeness (QED) is 0.450. The van der Waals surface area contributed by atoms with Gasteiger partial charge in [0.2, 0.25) is 5.91 Å². The lowest BCUT2D eigenvalue weighted by molar-refractivity contribution is -0.384. The van der Waals surface area contributed by atoms with Gasteiger partial charge in [0, 0.05) is 18.6 Å². The number of nitro groups is 1. The van der Waals surface area contributed by atoms with Crippen molar-refractivity contribution in [2.45, 2.75) is 18.9 Å². The minimum Gasteiger partial charge on any atom is -0.467 e. The maximum absolute atomic E-state index is 12.0. The van der Waals surface area contributed by atoms with Gasteiger partial charge in [0.05, 0.1) is 18.5 Å². The maximum atomic E-state index is 12.0. The van der Waals surface area contributed by atoms with Gasteiger partial charge in [-0.05, 0) is 10.0 Å². The highest BCUT2D eigenvalue weighted by atomic mass is 79.9. The molecule has 1 aromatic carbocycles. The molecule has 0 bridgehead atoms. The zero-order valence-corrected chi connectivity index (χ0v) is 13.5. The summed E-state index contributed by atoms with van der Waals surface area (Å²) in [5.74, 6) is -1.03. The first-order valence-electron chi connectivity index (χ1n) is 6.27. The molecule has 1 rings (SSSR count). The van der Waals surface area contributed by atoms with Gasteiger partial charge in [-0.2, -0.15) is 0 Å². The molecule has 0 heterocycles. The first kappa shape index (κ1) is 17.8. The number of nitrogens with zero attached hydrogens (tertiary/aromatic N) is 1. The number of non-ortho nitro benzene ring substituents is 1. The summed E-state index contributed by atoms with van der Waals surface area (Å²) in [7, 11) is 1.22. The summed E-state index contributed by atoms with van der Waals surface area (Å²) in [5, 5.41) is 13.2. The minimum atomic E-state index is -0.858. The number of nitrogens with one attached hydrogen (secondary N) is 1. The maximum Gasteiger partial charge on any atom is 0.328 e. The first-order valence-corrected chi connectivity index (χ1v) is 7.06. The molecule has 8 heteroatoms. The Morgan fingerprint density at radius 1 is 1.50 bits per heavy atom. The van der Waals surface area contributed by atoms with Crippen molar-refractivity contribution in [3.05, 3.63) is 51.0 Å². The van der Waals surface area contributed by atoms with Crippen molar-refractivity contribution in [3.8, 4) is 0 Å². The average Bonchev–Trinajstić information content (AvgIpc) is 2.45. The number of methoxy groups -OCH3 is 1. The molecule has 0 aliphatic rings. The van der Waals surface area contributed by atoms with E-state index in [4.69, 9.17) is 0 Å². The lowest BCUT2D eigenvalue weighted by Crippen LogP contribution is -2.42. The Kier molecular flexibility index (Phi) is 6.71. The standard InChI is InChI=1S/C14H15BrN2O5/c1-9(15)6-12(14(19)22-2)16-13(18)8-10-4-3-5-11(7-10)17(20)21/h3-5,7,12H,1,6,8H2,2H3,(H,16,18)/t12-/m1/s1. The largest absolute Gasteiger partial charge is 0.467 e. The van der Waals surface area contributed by atoms with E-state index in [-0.39, 0.29) is 18.5 Å². The molecular formula is C14H15BrN2O5. The van der Waals surface area contributed by atoms with Crippen LogP contribution in [0, 0.1) is 10.1 Å². The van der Waals surface area contributed by atoms with Crippen LogP contribution in [0.15, 0.2) is 35.3 Å². The van der Waals surface area contributed by atoms with Crippen molar-refractivity contribution in [1.29, 1.82) is 0 Å². The van der Waals surface area contributed by atoms with Gasteiger partial charge in [-0.1, -0.05) is 34.6 Å². The topological polar surface area (TPSA) is 98.5 Å². The predicted molar refractivity (Wildman–Crippen MR) is 83.4 cm³/mol. The molecule has 0 fully saturated rings. The van der Waals surface area contributed by atoms with Crippen LogP contribution in [0.2, 0.25) is 0 Å². The van der Waals surface area contributed by atoms with Crippen LogP contribution in [0.1, 0.15) is 12.0 Å². The van der Waals surface area contributed by atoms with E-state index in [1.54, 1.807) is 6.07 Å². The monoisotopic (exact) mass is 370 g/mol. The molecule has 0 radical (unpaired) electrons. The van der Waals surface area contributed by atoms with Crippen LogP contribution >= 0.6 is 15.9 Å². The molecule has 1 amide bonds. The number of esters is 1. The Labute approximate surface area is 135 Å². The second-order valence-electron chi connectivity index (χ2n) is 4.47. The number of hydrogen-bond acceptors (Lipinski definition) is 5. The number of benzene rings is 1. The van der Waals surface area contributed by atoms with Crippen LogP contribution in [0.25, 0.3) is 0 Å². The summed E-state index contributed by atoms with van der Waals surface area (Å²) in [6.45, 7) is 3.62. The summed E-state index contributed by atoms with van der Waals surface area (Å²) >= 11 is 3.13. The summed E-state index contributed by atoms with van der Waals surface area (Å²) in [5.41, 5.74) is 0.386. The van der Waals surface area contributed by atoms with Crippen LogP contribution in [-0.4, -0.2) is 30.0 Å². The van der Waals surface area contributed by atoms with Gasteiger partial charge in [-0.15, -0.1) is 0 Å². The summed E-state index contributed by atoms with van der Waals surface area (Å²) in [4.78, 5) is 33.7. The first-order chi connectivity index (χ1) is 10.3. The fraction of sp³-hybridized carbons (Fsp3) is 0.286. The van der Waals surface area contributed by atoms with E-state index < -0.39 is 22.8 Å². The summed E-state index contributed by atoms with van der Waals surface area (Å²) in [6, 6.07) is 4.90. The molecule has 0 saturated carbocycles. The Hall–Kier alpha value is -2.22. The molecule has 22 heavy (non-hydrogen) atoms. The average molecular weight is 371 g/mol. The summed E-state index contributed by atoms with van der Waals surface area (Å²) in [6.07, 6.45) is 0.108. The van der Waals surface area contributed by atoms with Gasteiger partial charge in [-0.25, -0.2) is 4.79 Å². The third-order valence-electron chi connectivity index (χ3n) is 2.73. The Morgan fingerprint density at radius 2 is 2.18 bits per heavy atom. The van der Waals surface area contributed by atoms with Crippen molar-refractivity contribution in [2.24, 2.45) is 0 Å². The molecule has 0 aliphatic carbocycles. The Balaban J connectivity index is 2.74. The molecule has 0 spiro atoms. The van der Waals surface area contributed by atoms with Crippen molar-refractivity contribution in [1.82, 2.24) is 5.32 Å². The molecule has 1 aromatic rings. The van der Waals surface area contributed by atoms with E-state index in [0.29, 0.717) is 10.0 Å². The van der Waals surface area contributed by atoms with E-state index in [2.05, 4.69) is 32.6 Å².